The number of methoxy groups -OCH3 is 1. The van der Waals surface area contributed by atoms with E-state index in [-0.39, 0.29) is 12.2 Å². The number of carboxylic acids is 1. The lowest BCUT2D eigenvalue weighted by Crippen LogP contribution is -2.14. The fraction of sp³-hybridized carbons (Fsp3) is 0.421. The monoisotopic (exact) mass is 653 g/mol. The molecular weight excluding hydrogens is 602 g/mol. The Kier molecular flexibility index (Phi) is 14.6. The summed E-state index contributed by atoms with van der Waals surface area (Å²) in [5, 5.41) is 23.6. The molecule has 0 atom stereocenters. The summed E-state index contributed by atoms with van der Waals surface area (Å²) in [6, 6.07) is 16.6. The second-order valence-corrected chi connectivity index (χ2v) is 12.4. The molecule has 0 aliphatic rings. The fourth-order valence-electron chi connectivity index (χ4n) is 5.62. The number of pyridine rings is 1. The number of nitrogens with two attached hydrogens (primary N) is 1. The lowest BCUT2D eigenvalue weighted by molar-refractivity contribution is 0.0691. The van der Waals surface area contributed by atoms with Gasteiger partial charge in [0.05, 0.1) is 25.9 Å². The molecule has 3 heterocycles. The van der Waals surface area contributed by atoms with Gasteiger partial charge in [0.2, 0.25) is 0 Å². The Morgan fingerprint density at radius 2 is 1.56 bits per heavy atom. The van der Waals surface area contributed by atoms with Crippen molar-refractivity contribution in [3.63, 3.8) is 0 Å². The molecule has 2 aromatic carbocycles. The first-order chi connectivity index (χ1) is 23.4. The number of carbonyl (C=O) groups is 1. The maximum absolute atomic E-state index is 11.3. The lowest BCUT2D eigenvalue weighted by Gasteiger charge is -2.07. The number of aromatic nitrogens is 5. The van der Waals surface area contributed by atoms with Gasteiger partial charge in [0, 0.05) is 37.6 Å². The SMILES string of the molecule is CCCCCCCCCCNCc1ccc2c(N)nccc2c1.COCc1nn(Cc2ccc(Cn3cc(C)cn3)cc2)cc1C(=O)O. The van der Waals surface area contributed by atoms with Gasteiger partial charge in [-0.1, -0.05) is 88.3 Å². The quantitative estimate of drug-likeness (QED) is 0.0835. The minimum Gasteiger partial charge on any atom is -0.478 e. The molecule has 5 rings (SSSR count). The minimum absolute atomic E-state index is 0.174. The molecule has 48 heavy (non-hydrogen) atoms. The average Bonchev–Trinajstić information content (AvgIpc) is 3.68. The van der Waals surface area contributed by atoms with Crippen LogP contribution in [0.5, 0.6) is 0 Å². The molecular formula is C38H51N7O3. The molecule has 0 fully saturated rings. The second-order valence-electron chi connectivity index (χ2n) is 12.4. The summed E-state index contributed by atoms with van der Waals surface area (Å²) in [4.78, 5) is 15.4. The second kappa shape index (κ2) is 19.3. The molecule has 256 valence electrons. The molecule has 0 saturated heterocycles. The van der Waals surface area contributed by atoms with Gasteiger partial charge in [0.1, 0.15) is 17.1 Å². The van der Waals surface area contributed by atoms with E-state index in [2.05, 4.69) is 45.6 Å². The zero-order chi connectivity index (χ0) is 34.1. The molecule has 0 spiro atoms. The van der Waals surface area contributed by atoms with Gasteiger partial charge in [-0.15, -0.1) is 0 Å². The zero-order valence-corrected chi connectivity index (χ0v) is 28.7. The van der Waals surface area contributed by atoms with Gasteiger partial charge in [-0.25, -0.2) is 9.78 Å². The number of aryl methyl sites for hydroxylation is 1. The van der Waals surface area contributed by atoms with Gasteiger partial charge in [-0.05, 0) is 59.7 Å². The van der Waals surface area contributed by atoms with Crippen LogP contribution in [0.15, 0.2) is 73.3 Å². The molecule has 0 aliphatic heterocycles. The summed E-state index contributed by atoms with van der Waals surface area (Å²) in [7, 11) is 1.52. The third-order valence-corrected chi connectivity index (χ3v) is 8.22. The minimum atomic E-state index is -0.997. The van der Waals surface area contributed by atoms with Crippen LogP contribution in [0.1, 0.15) is 96.6 Å². The number of hydrogen-bond donors (Lipinski definition) is 3. The first-order valence-electron chi connectivity index (χ1n) is 17.1. The Balaban J connectivity index is 0.000000218. The summed E-state index contributed by atoms with van der Waals surface area (Å²) in [6.07, 6.45) is 18.1. The van der Waals surface area contributed by atoms with Crippen molar-refractivity contribution in [1.82, 2.24) is 29.9 Å². The van der Waals surface area contributed by atoms with Crippen molar-refractivity contribution in [1.29, 1.82) is 0 Å². The Labute approximate surface area is 284 Å². The highest BCUT2D eigenvalue weighted by molar-refractivity contribution is 5.91. The molecule has 10 heteroatoms. The Hall–Kier alpha value is -4.54. The summed E-state index contributed by atoms with van der Waals surface area (Å²) in [5.74, 6) is -0.385. The van der Waals surface area contributed by atoms with E-state index in [1.165, 1.54) is 75.6 Å². The van der Waals surface area contributed by atoms with Crippen LogP contribution in [0.25, 0.3) is 10.8 Å². The number of anilines is 1. The number of aromatic carboxylic acids is 1. The van der Waals surface area contributed by atoms with Crippen LogP contribution in [0, 0.1) is 6.92 Å². The third-order valence-electron chi connectivity index (χ3n) is 8.22. The number of carboxylic acid groups (broad SMARTS) is 1. The zero-order valence-electron chi connectivity index (χ0n) is 28.7. The van der Waals surface area contributed by atoms with Gasteiger partial charge >= 0.3 is 5.97 Å². The molecule has 0 aliphatic carbocycles. The van der Waals surface area contributed by atoms with Crippen molar-refractivity contribution in [2.75, 3.05) is 19.4 Å². The van der Waals surface area contributed by atoms with Gasteiger partial charge in [-0.2, -0.15) is 10.2 Å². The van der Waals surface area contributed by atoms with Crippen molar-refractivity contribution in [3.05, 3.63) is 107 Å². The van der Waals surface area contributed by atoms with Gasteiger partial charge < -0.3 is 20.9 Å². The van der Waals surface area contributed by atoms with Gasteiger partial charge in [0.25, 0.3) is 0 Å². The van der Waals surface area contributed by atoms with Gasteiger partial charge in [0.15, 0.2) is 0 Å². The standard InChI is InChI=1S/C20H31N3.C18H20N4O3/c1-2-3-4-5-6-7-8-9-13-22-16-17-10-11-19-18(15-17)12-14-23-20(19)21;1-13-7-19-21(8-13)9-14-3-5-15(6-4-14)10-22-11-16(18(23)24)17(20-22)12-25-2/h10-12,14-15,22H,2-9,13,16H2,1H3,(H2,21,23);3-8,11H,9-10,12H2,1-2H3,(H,23,24). The van der Waals surface area contributed by atoms with E-state index in [4.69, 9.17) is 10.5 Å². The molecule has 3 aromatic heterocycles. The number of unbranched alkanes of at least 4 members (excludes halogenated alkanes) is 7. The number of benzene rings is 2. The van der Waals surface area contributed by atoms with Crippen LogP contribution in [0.4, 0.5) is 5.82 Å². The Morgan fingerprint density at radius 3 is 2.21 bits per heavy atom. The number of ether oxygens (including phenoxy) is 1. The summed E-state index contributed by atoms with van der Waals surface area (Å²) >= 11 is 0. The van der Waals surface area contributed by atoms with E-state index in [1.807, 2.05) is 54.3 Å². The molecule has 4 N–H and O–H groups in total. The van der Waals surface area contributed by atoms with Crippen LogP contribution < -0.4 is 11.1 Å². The number of rotatable bonds is 18. The van der Waals surface area contributed by atoms with Crippen LogP contribution >= 0.6 is 0 Å². The van der Waals surface area contributed by atoms with Crippen LogP contribution in [-0.2, 0) is 31.0 Å². The molecule has 5 aromatic rings. The number of fused-ring (bicyclic) bond motifs is 1. The molecule has 0 saturated carbocycles. The van der Waals surface area contributed by atoms with E-state index in [1.54, 1.807) is 10.9 Å². The molecule has 0 radical (unpaired) electrons. The smallest absolute Gasteiger partial charge is 0.339 e. The largest absolute Gasteiger partial charge is 0.478 e. The maximum atomic E-state index is 11.3. The first-order valence-corrected chi connectivity index (χ1v) is 17.1. The number of nitrogens with one attached hydrogen (secondary N) is 1. The normalized spacial score (nSPS) is 11.1. The maximum Gasteiger partial charge on any atom is 0.339 e. The number of nitrogens with zero attached hydrogens (tertiary/aromatic N) is 5. The van der Waals surface area contributed by atoms with E-state index < -0.39 is 5.97 Å². The van der Waals surface area contributed by atoms with Crippen LogP contribution in [0.2, 0.25) is 0 Å². The van der Waals surface area contributed by atoms with Crippen LogP contribution in [0.3, 0.4) is 0 Å². The van der Waals surface area contributed by atoms with Crippen molar-refractivity contribution >= 4 is 22.6 Å². The summed E-state index contributed by atoms with van der Waals surface area (Å²) in [5.41, 5.74) is 11.1. The van der Waals surface area contributed by atoms with Crippen molar-refractivity contribution in [2.45, 2.75) is 91.5 Å². The van der Waals surface area contributed by atoms with Crippen molar-refractivity contribution in [2.24, 2.45) is 0 Å². The summed E-state index contributed by atoms with van der Waals surface area (Å²) in [6.45, 7) is 7.71. The fourth-order valence-corrected chi connectivity index (χ4v) is 5.62. The lowest BCUT2D eigenvalue weighted by atomic mass is 10.1. The Bertz CT molecular complexity index is 1690. The summed E-state index contributed by atoms with van der Waals surface area (Å²) < 4.78 is 8.53. The molecule has 0 amide bonds. The number of hydrogen-bond acceptors (Lipinski definition) is 7. The number of nitrogen functional groups attached to an aromatic ring is 1. The topological polar surface area (TPSA) is 133 Å². The highest BCUT2D eigenvalue weighted by atomic mass is 16.5. The van der Waals surface area contributed by atoms with E-state index >= 15 is 0 Å². The third kappa shape index (κ3) is 11.6. The molecule has 0 bridgehead atoms. The van der Waals surface area contributed by atoms with Crippen molar-refractivity contribution < 1.29 is 14.6 Å². The van der Waals surface area contributed by atoms with E-state index in [9.17, 15) is 9.90 Å². The van der Waals surface area contributed by atoms with Crippen molar-refractivity contribution in [3.8, 4) is 0 Å². The predicted molar refractivity (Wildman–Crippen MR) is 192 cm³/mol. The average molecular weight is 654 g/mol. The van der Waals surface area contributed by atoms with Crippen LogP contribution in [-0.4, -0.2) is 49.3 Å². The van der Waals surface area contributed by atoms with E-state index in [0.29, 0.717) is 18.1 Å². The molecule has 0 unspecified atom stereocenters. The molecule has 10 nitrogen and oxygen atoms in total. The van der Waals surface area contributed by atoms with E-state index in [0.717, 1.165) is 41.7 Å². The highest BCUT2D eigenvalue weighted by Crippen LogP contribution is 2.20. The predicted octanol–water partition coefficient (Wildman–Crippen LogP) is 7.38. The van der Waals surface area contributed by atoms with Gasteiger partial charge in [-0.3, -0.25) is 9.36 Å². The Morgan fingerprint density at radius 1 is 0.896 bits per heavy atom. The first kappa shape index (κ1) is 36.3. The highest BCUT2D eigenvalue weighted by Gasteiger charge is 2.15.